The fraction of sp³-hybridized carbons (Fsp3) is 0.500. The van der Waals surface area contributed by atoms with Crippen molar-refractivity contribution in [2.45, 2.75) is 10.8 Å². The molecule has 1 aliphatic rings. The molecule has 0 unspecified atom stereocenters. The van der Waals surface area contributed by atoms with Gasteiger partial charge in [-0.05, 0) is 12.1 Å². The van der Waals surface area contributed by atoms with Crippen LogP contribution in [-0.4, -0.2) is 58.6 Å². The molecule has 0 aliphatic carbocycles. The molecule has 0 aromatic carbocycles. The van der Waals surface area contributed by atoms with Gasteiger partial charge in [-0.15, -0.1) is 17.8 Å². The van der Waals surface area contributed by atoms with E-state index in [0.29, 0.717) is 49.6 Å². The number of aliphatic imine (C=N–C) groups is 1. The predicted molar refractivity (Wildman–Crippen MR) is 90.9 cm³/mol. The van der Waals surface area contributed by atoms with Crippen molar-refractivity contribution in [3.05, 3.63) is 17.0 Å². The maximum absolute atomic E-state index is 12.5. The summed E-state index contributed by atoms with van der Waals surface area (Å²) in [5.41, 5.74) is 0. The molecule has 126 valence electrons. The molecule has 1 saturated heterocycles. The molecule has 2 heterocycles. The van der Waals surface area contributed by atoms with Crippen LogP contribution in [0.3, 0.4) is 0 Å². The lowest BCUT2D eigenvalue weighted by Crippen LogP contribution is -2.40. The molecule has 0 radical (unpaired) electrons. The van der Waals surface area contributed by atoms with E-state index in [-0.39, 0.29) is 0 Å². The van der Waals surface area contributed by atoms with Crippen LogP contribution in [0.15, 0.2) is 21.3 Å². The Kier molecular flexibility index (Phi) is 6.41. The number of nitrogens with one attached hydrogen (secondary N) is 2. The van der Waals surface area contributed by atoms with Crippen LogP contribution in [0.1, 0.15) is 4.88 Å². The highest BCUT2D eigenvalue weighted by molar-refractivity contribution is 7.91. The third kappa shape index (κ3) is 4.68. The molecule has 0 atom stereocenters. The summed E-state index contributed by atoms with van der Waals surface area (Å²) in [4.78, 5) is 4.94. The van der Waals surface area contributed by atoms with Crippen molar-refractivity contribution in [3.63, 3.8) is 0 Å². The minimum absolute atomic E-state index is 0.350. The van der Waals surface area contributed by atoms with Gasteiger partial charge in [0.05, 0.1) is 26.3 Å². The van der Waals surface area contributed by atoms with E-state index in [2.05, 4.69) is 21.5 Å². The normalized spacial score (nSPS) is 16.8. The van der Waals surface area contributed by atoms with Gasteiger partial charge in [-0.25, -0.2) is 8.42 Å². The summed E-state index contributed by atoms with van der Waals surface area (Å²) in [6.07, 6.45) is 5.19. The SMILES string of the molecule is C#CCNC(=NC)NCc1ccc(S(=O)(=O)N2CCOCC2)s1. The number of sulfonamides is 1. The van der Waals surface area contributed by atoms with Crippen molar-refractivity contribution in [3.8, 4) is 12.3 Å². The zero-order chi connectivity index (χ0) is 16.7. The van der Waals surface area contributed by atoms with Crippen LogP contribution in [0.4, 0.5) is 0 Å². The number of hydrogen-bond acceptors (Lipinski definition) is 5. The maximum atomic E-state index is 12.5. The molecule has 9 heteroatoms. The average molecular weight is 356 g/mol. The molecule has 0 bridgehead atoms. The summed E-state index contributed by atoms with van der Waals surface area (Å²) in [7, 11) is -1.78. The molecular formula is C14H20N4O3S2. The zero-order valence-corrected chi connectivity index (χ0v) is 14.5. The Balaban J connectivity index is 1.98. The first kappa shape index (κ1) is 17.7. The molecule has 0 saturated carbocycles. The Morgan fingerprint density at radius 2 is 2.17 bits per heavy atom. The Bertz CT molecular complexity index is 685. The molecule has 1 aromatic rings. The molecule has 1 aliphatic heterocycles. The zero-order valence-electron chi connectivity index (χ0n) is 12.9. The minimum Gasteiger partial charge on any atom is -0.379 e. The first-order valence-electron chi connectivity index (χ1n) is 7.12. The van der Waals surface area contributed by atoms with Gasteiger partial charge in [-0.1, -0.05) is 5.92 Å². The Morgan fingerprint density at radius 3 is 2.83 bits per heavy atom. The highest BCUT2D eigenvalue weighted by atomic mass is 32.2. The summed E-state index contributed by atoms with van der Waals surface area (Å²) < 4.78 is 32.1. The van der Waals surface area contributed by atoms with E-state index in [4.69, 9.17) is 11.2 Å². The number of thiophene rings is 1. The van der Waals surface area contributed by atoms with E-state index in [1.54, 1.807) is 19.2 Å². The van der Waals surface area contributed by atoms with Crippen LogP contribution in [-0.2, 0) is 21.3 Å². The maximum Gasteiger partial charge on any atom is 0.252 e. The number of rotatable bonds is 5. The topological polar surface area (TPSA) is 83.0 Å². The van der Waals surface area contributed by atoms with Crippen molar-refractivity contribution in [1.82, 2.24) is 14.9 Å². The van der Waals surface area contributed by atoms with Gasteiger partial charge in [0.2, 0.25) is 0 Å². The fourth-order valence-electron chi connectivity index (χ4n) is 2.03. The second kappa shape index (κ2) is 8.31. The quantitative estimate of drug-likeness (QED) is 0.443. The van der Waals surface area contributed by atoms with Gasteiger partial charge in [0, 0.05) is 25.0 Å². The number of hydrogen-bond donors (Lipinski definition) is 2. The number of guanidine groups is 1. The van der Waals surface area contributed by atoms with Gasteiger partial charge in [0.25, 0.3) is 10.0 Å². The highest BCUT2D eigenvalue weighted by Crippen LogP contribution is 2.25. The fourth-order valence-corrected chi connectivity index (χ4v) is 4.89. The van der Waals surface area contributed by atoms with Crippen LogP contribution in [0, 0.1) is 12.3 Å². The van der Waals surface area contributed by atoms with Gasteiger partial charge < -0.3 is 15.4 Å². The predicted octanol–water partition coefficient (Wildman–Crippen LogP) is 0.0672. The lowest BCUT2D eigenvalue weighted by Gasteiger charge is -2.25. The lowest BCUT2D eigenvalue weighted by molar-refractivity contribution is 0.0731. The number of terminal acetylenes is 1. The average Bonchev–Trinajstić information content (AvgIpc) is 3.06. The van der Waals surface area contributed by atoms with Crippen LogP contribution < -0.4 is 10.6 Å². The molecule has 23 heavy (non-hydrogen) atoms. The number of ether oxygens (including phenoxy) is 1. The van der Waals surface area contributed by atoms with Gasteiger partial charge in [-0.2, -0.15) is 4.31 Å². The Hall–Kier alpha value is -1.60. The minimum atomic E-state index is -3.43. The second-order valence-electron chi connectivity index (χ2n) is 4.72. The van der Waals surface area contributed by atoms with Crippen LogP contribution >= 0.6 is 11.3 Å². The van der Waals surface area contributed by atoms with Gasteiger partial charge in [-0.3, -0.25) is 4.99 Å². The van der Waals surface area contributed by atoms with E-state index in [0.717, 1.165) is 4.88 Å². The molecule has 7 nitrogen and oxygen atoms in total. The van der Waals surface area contributed by atoms with Crippen molar-refractivity contribution < 1.29 is 13.2 Å². The smallest absolute Gasteiger partial charge is 0.252 e. The van der Waals surface area contributed by atoms with Crippen LogP contribution in [0.2, 0.25) is 0 Å². The van der Waals surface area contributed by atoms with Gasteiger partial charge >= 0.3 is 0 Å². The van der Waals surface area contributed by atoms with E-state index in [9.17, 15) is 8.42 Å². The Labute approximate surface area is 140 Å². The molecule has 1 fully saturated rings. The van der Waals surface area contributed by atoms with E-state index in [1.807, 2.05) is 0 Å². The molecule has 0 spiro atoms. The van der Waals surface area contributed by atoms with Crippen molar-refractivity contribution in [2.75, 3.05) is 39.9 Å². The first-order valence-corrected chi connectivity index (χ1v) is 9.38. The van der Waals surface area contributed by atoms with Gasteiger partial charge in [0.1, 0.15) is 4.21 Å². The lowest BCUT2D eigenvalue weighted by atomic mass is 10.4. The monoisotopic (exact) mass is 356 g/mol. The first-order chi connectivity index (χ1) is 11.1. The molecule has 1 aromatic heterocycles. The Morgan fingerprint density at radius 1 is 1.43 bits per heavy atom. The molecule has 0 amide bonds. The molecule has 2 N–H and O–H groups in total. The van der Waals surface area contributed by atoms with E-state index >= 15 is 0 Å². The molecule has 2 rings (SSSR count). The summed E-state index contributed by atoms with van der Waals surface area (Å²) >= 11 is 1.25. The number of nitrogens with zero attached hydrogens (tertiary/aromatic N) is 2. The summed E-state index contributed by atoms with van der Waals surface area (Å²) in [6.45, 7) is 2.54. The standard InChI is InChI=1S/C14H20N4O3S2/c1-3-6-16-14(15-2)17-11-12-4-5-13(22-12)23(19,20)18-7-9-21-10-8-18/h1,4-5H,6-11H2,2H3,(H2,15,16,17). The third-order valence-electron chi connectivity index (χ3n) is 3.21. The third-order valence-corrected chi connectivity index (χ3v) is 6.66. The van der Waals surface area contributed by atoms with Crippen molar-refractivity contribution >= 4 is 27.3 Å². The summed E-state index contributed by atoms with van der Waals surface area (Å²) in [5, 5.41) is 6.04. The number of morpholine rings is 1. The van der Waals surface area contributed by atoms with Crippen LogP contribution in [0.25, 0.3) is 0 Å². The largest absolute Gasteiger partial charge is 0.379 e. The summed E-state index contributed by atoms with van der Waals surface area (Å²) in [6, 6.07) is 3.45. The summed E-state index contributed by atoms with van der Waals surface area (Å²) in [5.74, 6) is 3.04. The van der Waals surface area contributed by atoms with Crippen molar-refractivity contribution in [1.29, 1.82) is 0 Å². The van der Waals surface area contributed by atoms with Crippen molar-refractivity contribution in [2.24, 2.45) is 4.99 Å². The second-order valence-corrected chi connectivity index (χ2v) is 8.05. The van der Waals surface area contributed by atoms with E-state index < -0.39 is 10.0 Å². The highest BCUT2D eigenvalue weighted by Gasteiger charge is 2.27. The van der Waals surface area contributed by atoms with E-state index in [1.165, 1.54) is 15.6 Å². The van der Waals surface area contributed by atoms with Gasteiger partial charge in [0.15, 0.2) is 5.96 Å². The molecular weight excluding hydrogens is 336 g/mol. The van der Waals surface area contributed by atoms with Crippen LogP contribution in [0.5, 0.6) is 0 Å².